The number of hydrogen-bond donors (Lipinski definition) is 2. The van der Waals surface area contributed by atoms with Gasteiger partial charge in [0.1, 0.15) is 0 Å². The van der Waals surface area contributed by atoms with Crippen molar-refractivity contribution in [3.63, 3.8) is 0 Å². The van der Waals surface area contributed by atoms with Crippen LogP contribution in [-0.2, 0) is 26.7 Å². The summed E-state index contributed by atoms with van der Waals surface area (Å²) in [5.74, 6) is 0.505. The number of anilines is 1. The van der Waals surface area contributed by atoms with Gasteiger partial charge in [0.2, 0.25) is 5.82 Å². The van der Waals surface area contributed by atoms with Gasteiger partial charge in [0, 0.05) is 16.8 Å². The number of aryl methyl sites for hydroxylation is 2. The van der Waals surface area contributed by atoms with E-state index in [-0.39, 0.29) is 12.6 Å². The van der Waals surface area contributed by atoms with Gasteiger partial charge in [-0.05, 0) is 23.8 Å². The Bertz CT molecular complexity index is 993. The van der Waals surface area contributed by atoms with E-state index in [4.69, 9.17) is 5.11 Å². The monoisotopic (exact) mass is 368 g/mol. The van der Waals surface area contributed by atoms with Crippen LogP contribution in [-0.4, -0.2) is 52.6 Å². The van der Waals surface area contributed by atoms with Gasteiger partial charge < -0.3 is 15.3 Å². The minimum Gasteiger partial charge on any atom is -0.394 e. The summed E-state index contributed by atoms with van der Waals surface area (Å²) >= 11 is 0. The first-order valence-corrected chi connectivity index (χ1v) is 8.60. The Balaban J connectivity index is 1.50. The molecule has 2 N–H and O–H groups in total. The largest absolute Gasteiger partial charge is 0.394 e. The Labute approximate surface area is 155 Å². The molecule has 0 radical (unpaired) electrons. The normalized spacial score (nSPS) is 13.1. The van der Waals surface area contributed by atoms with Crippen LogP contribution in [0.1, 0.15) is 16.8 Å². The lowest BCUT2D eigenvalue weighted by atomic mass is 10.1. The molecule has 2 aromatic heterocycles. The number of carbonyl (C=O) groups is 1. The highest BCUT2D eigenvalue weighted by atomic mass is 16.3. The molecule has 0 saturated heterocycles. The highest BCUT2D eigenvalue weighted by Crippen LogP contribution is 2.26. The number of urea groups is 1. The Morgan fingerprint density at radius 2 is 2.19 bits per heavy atom. The number of aliphatic hydroxyl groups excluding tert-OH is 1. The van der Waals surface area contributed by atoms with E-state index in [0.717, 1.165) is 22.4 Å². The van der Waals surface area contributed by atoms with Crippen molar-refractivity contribution in [2.75, 3.05) is 11.9 Å². The molecule has 140 valence electrons. The topological polar surface area (TPSA) is 114 Å². The summed E-state index contributed by atoms with van der Waals surface area (Å²) in [6.07, 6.45) is 1.75. The molecule has 1 aliphatic rings. The number of hydrogen-bond acceptors (Lipinski definition) is 6. The Morgan fingerprint density at radius 3 is 2.93 bits per heavy atom. The molecule has 0 bridgehead atoms. The molecule has 0 aliphatic carbocycles. The molecule has 0 saturated carbocycles. The fraction of sp³-hybridized carbons (Fsp3) is 0.353. The second-order valence-corrected chi connectivity index (χ2v) is 6.48. The van der Waals surface area contributed by atoms with Crippen LogP contribution in [0.4, 0.5) is 10.5 Å². The van der Waals surface area contributed by atoms with Gasteiger partial charge >= 0.3 is 6.03 Å². The predicted molar refractivity (Wildman–Crippen MR) is 96.5 cm³/mol. The Hall–Kier alpha value is -3.27. The summed E-state index contributed by atoms with van der Waals surface area (Å²) < 4.78 is 1.74. The van der Waals surface area contributed by atoms with Crippen molar-refractivity contribution in [1.82, 2.24) is 34.9 Å². The standard InChI is InChI=1S/C17H20N8O2/c1-11-3-4-12(16-20-22-23(2)21-16)7-14(11)19-17(27)24-9-13-8-18-25(5-6-26)15(13)10-24/h3-4,7-8,26H,5-6,9-10H2,1-2H3,(H,19,27). The van der Waals surface area contributed by atoms with Gasteiger partial charge in [0.15, 0.2) is 0 Å². The number of amides is 2. The zero-order valence-electron chi connectivity index (χ0n) is 15.1. The number of aliphatic hydroxyl groups is 1. The van der Waals surface area contributed by atoms with Crippen LogP contribution in [0.5, 0.6) is 0 Å². The van der Waals surface area contributed by atoms with Gasteiger partial charge in [0.05, 0.1) is 45.2 Å². The number of benzene rings is 1. The molecule has 0 unspecified atom stereocenters. The van der Waals surface area contributed by atoms with Gasteiger partial charge in [0.25, 0.3) is 0 Å². The molecule has 1 aromatic carbocycles. The van der Waals surface area contributed by atoms with Crippen molar-refractivity contribution in [2.45, 2.75) is 26.6 Å². The van der Waals surface area contributed by atoms with Gasteiger partial charge in [-0.3, -0.25) is 4.68 Å². The first-order valence-electron chi connectivity index (χ1n) is 8.60. The zero-order valence-corrected chi connectivity index (χ0v) is 15.1. The summed E-state index contributed by atoms with van der Waals surface area (Å²) in [7, 11) is 1.70. The van der Waals surface area contributed by atoms with E-state index in [9.17, 15) is 4.79 Å². The third kappa shape index (κ3) is 3.26. The molecule has 0 spiro atoms. The number of rotatable bonds is 4. The molecule has 10 heteroatoms. The molecule has 27 heavy (non-hydrogen) atoms. The quantitative estimate of drug-likeness (QED) is 0.708. The highest BCUT2D eigenvalue weighted by molar-refractivity contribution is 5.91. The van der Waals surface area contributed by atoms with E-state index < -0.39 is 0 Å². The molecule has 3 aromatic rings. The minimum absolute atomic E-state index is 0.0166. The third-order valence-corrected chi connectivity index (χ3v) is 4.58. The third-order valence-electron chi connectivity index (χ3n) is 4.58. The first kappa shape index (κ1) is 17.2. The average Bonchev–Trinajstić information content (AvgIpc) is 3.34. The maximum absolute atomic E-state index is 12.7. The van der Waals surface area contributed by atoms with Crippen molar-refractivity contribution in [3.8, 4) is 11.4 Å². The van der Waals surface area contributed by atoms with E-state index in [0.29, 0.717) is 31.1 Å². The van der Waals surface area contributed by atoms with Crippen molar-refractivity contribution >= 4 is 11.7 Å². The van der Waals surface area contributed by atoms with Gasteiger partial charge in [-0.1, -0.05) is 12.1 Å². The maximum atomic E-state index is 12.7. The number of aromatic nitrogens is 6. The van der Waals surface area contributed by atoms with E-state index in [1.54, 1.807) is 22.8 Å². The summed E-state index contributed by atoms with van der Waals surface area (Å²) in [6, 6.07) is 5.48. The lowest BCUT2D eigenvalue weighted by Gasteiger charge is -2.18. The van der Waals surface area contributed by atoms with E-state index in [1.165, 1.54) is 4.80 Å². The highest BCUT2D eigenvalue weighted by Gasteiger charge is 2.27. The lowest BCUT2D eigenvalue weighted by Crippen LogP contribution is -2.31. The average molecular weight is 368 g/mol. The van der Waals surface area contributed by atoms with Crippen LogP contribution in [0.15, 0.2) is 24.4 Å². The number of carbonyl (C=O) groups excluding carboxylic acids is 1. The molecule has 1 aliphatic heterocycles. The second kappa shape index (κ2) is 6.80. The summed E-state index contributed by atoms with van der Waals surface area (Å²) in [5.41, 5.74) is 4.41. The molecule has 0 atom stereocenters. The maximum Gasteiger partial charge on any atom is 0.322 e. The molecule has 3 heterocycles. The molecule has 10 nitrogen and oxygen atoms in total. The Kier molecular flexibility index (Phi) is 4.32. The fourth-order valence-corrected chi connectivity index (χ4v) is 3.13. The number of fused-ring (bicyclic) bond motifs is 1. The smallest absolute Gasteiger partial charge is 0.322 e. The lowest BCUT2D eigenvalue weighted by molar-refractivity contribution is 0.210. The molecular weight excluding hydrogens is 348 g/mol. The number of tetrazole rings is 1. The Morgan fingerprint density at radius 1 is 1.33 bits per heavy atom. The summed E-state index contributed by atoms with van der Waals surface area (Å²) in [4.78, 5) is 15.9. The van der Waals surface area contributed by atoms with Crippen LogP contribution in [0.25, 0.3) is 11.4 Å². The van der Waals surface area contributed by atoms with Crippen molar-refractivity contribution in [3.05, 3.63) is 41.2 Å². The van der Waals surface area contributed by atoms with Crippen LogP contribution in [0, 0.1) is 6.92 Å². The predicted octanol–water partition coefficient (Wildman–Crippen LogP) is 0.922. The minimum atomic E-state index is -0.186. The van der Waals surface area contributed by atoms with Crippen LogP contribution in [0.3, 0.4) is 0 Å². The number of nitrogens with zero attached hydrogens (tertiary/aromatic N) is 7. The molecule has 0 fully saturated rings. The SMILES string of the molecule is Cc1ccc(-c2nnn(C)n2)cc1NC(=O)N1Cc2cnn(CCO)c2C1. The summed E-state index contributed by atoms with van der Waals surface area (Å²) in [5, 5.41) is 28.4. The van der Waals surface area contributed by atoms with Crippen LogP contribution >= 0.6 is 0 Å². The van der Waals surface area contributed by atoms with Crippen LogP contribution in [0.2, 0.25) is 0 Å². The zero-order chi connectivity index (χ0) is 19.0. The molecule has 2 amide bonds. The van der Waals surface area contributed by atoms with Gasteiger partial charge in [-0.2, -0.15) is 9.90 Å². The van der Waals surface area contributed by atoms with Crippen molar-refractivity contribution < 1.29 is 9.90 Å². The van der Waals surface area contributed by atoms with Crippen molar-refractivity contribution in [1.29, 1.82) is 0 Å². The van der Waals surface area contributed by atoms with Crippen LogP contribution < -0.4 is 5.32 Å². The van der Waals surface area contributed by atoms with Crippen molar-refractivity contribution in [2.24, 2.45) is 7.05 Å². The van der Waals surface area contributed by atoms with E-state index >= 15 is 0 Å². The van der Waals surface area contributed by atoms with Gasteiger partial charge in [-0.25, -0.2) is 4.79 Å². The van der Waals surface area contributed by atoms with Gasteiger partial charge in [-0.15, -0.1) is 10.2 Å². The van der Waals surface area contributed by atoms with E-state index in [2.05, 4.69) is 25.8 Å². The number of nitrogens with one attached hydrogen (secondary N) is 1. The second-order valence-electron chi connectivity index (χ2n) is 6.48. The first-order chi connectivity index (χ1) is 13.0. The fourth-order valence-electron chi connectivity index (χ4n) is 3.13. The van der Waals surface area contributed by atoms with E-state index in [1.807, 2.05) is 25.1 Å². The molecule has 4 rings (SSSR count). The summed E-state index contributed by atoms with van der Waals surface area (Å²) in [6.45, 7) is 3.34. The molecular formula is C17H20N8O2.